The maximum Gasteiger partial charge on any atom is 0.127 e. The van der Waals surface area contributed by atoms with Crippen molar-refractivity contribution >= 4 is 39.1 Å². The molecule has 21 heavy (non-hydrogen) atoms. The van der Waals surface area contributed by atoms with Crippen LogP contribution in [-0.4, -0.2) is 6.54 Å². The summed E-state index contributed by atoms with van der Waals surface area (Å²) in [6, 6.07) is 10.3. The van der Waals surface area contributed by atoms with Gasteiger partial charge < -0.3 is 5.32 Å². The molecule has 0 aromatic heterocycles. The molecule has 0 saturated heterocycles. The van der Waals surface area contributed by atoms with Gasteiger partial charge in [0.2, 0.25) is 0 Å². The zero-order chi connectivity index (χ0) is 15.4. The van der Waals surface area contributed by atoms with Crippen LogP contribution < -0.4 is 5.32 Å². The van der Waals surface area contributed by atoms with E-state index in [0.717, 1.165) is 16.6 Å². The Morgan fingerprint density at radius 3 is 2.57 bits per heavy atom. The van der Waals surface area contributed by atoms with E-state index in [1.807, 2.05) is 25.1 Å². The van der Waals surface area contributed by atoms with Gasteiger partial charge in [-0.1, -0.05) is 58.2 Å². The van der Waals surface area contributed by atoms with Crippen molar-refractivity contribution in [3.63, 3.8) is 0 Å². The van der Waals surface area contributed by atoms with Crippen LogP contribution in [0.15, 0.2) is 40.9 Å². The van der Waals surface area contributed by atoms with Crippen molar-refractivity contribution < 1.29 is 4.39 Å². The second kappa shape index (κ2) is 7.59. The van der Waals surface area contributed by atoms with E-state index < -0.39 is 0 Å². The Hall–Kier alpha value is -0.610. The summed E-state index contributed by atoms with van der Waals surface area (Å²) < 4.78 is 14.9. The predicted octanol–water partition coefficient (Wildman–Crippen LogP) is 5.79. The molecule has 1 atom stereocenters. The number of nitrogens with one attached hydrogen (secondary N) is 1. The molecule has 2 rings (SSSR count). The summed E-state index contributed by atoms with van der Waals surface area (Å²) >= 11 is 15.8. The second-order valence-electron chi connectivity index (χ2n) is 4.68. The Balaban J connectivity index is 2.35. The minimum Gasteiger partial charge on any atom is -0.310 e. The quantitative estimate of drug-likeness (QED) is 0.681. The highest BCUT2D eigenvalue weighted by Crippen LogP contribution is 2.31. The number of halogens is 4. The SMILES string of the molecule is CCNC(Cc1c(F)cccc1Cl)c1ccc(Br)cc1Cl. The van der Waals surface area contributed by atoms with Crippen LogP contribution in [0.5, 0.6) is 0 Å². The van der Waals surface area contributed by atoms with E-state index in [1.54, 1.807) is 12.1 Å². The van der Waals surface area contributed by atoms with Crippen LogP contribution in [0.2, 0.25) is 10.0 Å². The van der Waals surface area contributed by atoms with Crippen molar-refractivity contribution in [2.24, 2.45) is 0 Å². The van der Waals surface area contributed by atoms with Gasteiger partial charge in [0.05, 0.1) is 0 Å². The van der Waals surface area contributed by atoms with Crippen LogP contribution in [0.25, 0.3) is 0 Å². The fourth-order valence-electron chi connectivity index (χ4n) is 2.25. The third-order valence-electron chi connectivity index (χ3n) is 3.26. The van der Waals surface area contributed by atoms with E-state index in [2.05, 4.69) is 21.2 Å². The van der Waals surface area contributed by atoms with Gasteiger partial charge in [-0.25, -0.2) is 4.39 Å². The molecule has 112 valence electrons. The summed E-state index contributed by atoms with van der Waals surface area (Å²) in [4.78, 5) is 0. The van der Waals surface area contributed by atoms with Gasteiger partial charge in [-0.15, -0.1) is 0 Å². The molecule has 0 radical (unpaired) electrons. The first-order chi connectivity index (χ1) is 10.0. The Kier molecular flexibility index (Phi) is 6.06. The van der Waals surface area contributed by atoms with Crippen LogP contribution in [0.4, 0.5) is 4.39 Å². The van der Waals surface area contributed by atoms with E-state index in [1.165, 1.54) is 6.07 Å². The Bertz CT molecular complexity index is 613. The standard InChI is InChI=1S/C16H15BrCl2FN/c1-2-21-16(11-7-6-10(17)8-14(11)19)9-12-13(18)4-3-5-15(12)20/h3-8,16,21H,2,9H2,1H3. The van der Waals surface area contributed by atoms with Crippen LogP contribution in [-0.2, 0) is 6.42 Å². The van der Waals surface area contributed by atoms with Crippen molar-refractivity contribution in [2.75, 3.05) is 6.54 Å². The molecule has 1 N–H and O–H groups in total. The van der Waals surface area contributed by atoms with Crippen LogP contribution >= 0.6 is 39.1 Å². The Labute approximate surface area is 142 Å². The van der Waals surface area contributed by atoms with Crippen LogP contribution in [0, 0.1) is 5.82 Å². The molecular formula is C16H15BrCl2FN. The van der Waals surface area contributed by atoms with E-state index in [9.17, 15) is 4.39 Å². The molecule has 5 heteroatoms. The van der Waals surface area contributed by atoms with Gasteiger partial charge in [0, 0.05) is 26.1 Å². The van der Waals surface area contributed by atoms with Gasteiger partial charge in [-0.3, -0.25) is 0 Å². The zero-order valence-electron chi connectivity index (χ0n) is 11.5. The Morgan fingerprint density at radius 2 is 1.95 bits per heavy atom. The number of hydrogen-bond acceptors (Lipinski definition) is 1. The number of likely N-dealkylation sites (N-methyl/N-ethyl adjacent to an activating group) is 1. The highest BCUT2D eigenvalue weighted by Gasteiger charge is 2.18. The minimum atomic E-state index is -0.293. The number of rotatable bonds is 5. The summed E-state index contributed by atoms with van der Waals surface area (Å²) in [6.45, 7) is 2.76. The molecular weight excluding hydrogens is 376 g/mol. The average molecular weight is 391 g/mol. The van der Waals surface area contributed by atoms with Crippen molar-refractivity contribution in [3.05, 3.63) is 67.9 Å². The lowest BCUT2D eigenvalue weighted by Gasteiger charge is -2.21. The summed E-state index contributed by atoms with van der Waals surface area (Å²) in [5.41, 5.74) is 1.44. The molecule has 0 aliphatic heterocycles. The smallest absolute Gasteiger partial charge is 0.127 e. The summed E-state index contributed by atoms with van der Waals surface area (Å²) in [5, 5.41) is 4.41. The van der Waals surface area contributed by atoms with Crippen molar-refractivity contribution in [1.82, 2.24) is 5.32 Å². The molecule has 0 bridgehead atoms. The molecule has 1 unspecified atom stereocenters. The molecule has 0 aliphatic carbocycles. The first-order valence-electron chi connectivity index (χ1n) is 6.64. The van der Waals surface area contributed by atoms with Crippen molar-refractivity contribution in [2.45, 2.75) is 19.4 Å². The molecule has 1 nitrogen and oxygen atoms in total. The highest BCUT2D eigenvalue weighted by atomic mass is 79.9. The third kappa shape index (κ3) is 4.19. The van der Waals surface area contributed by atoms with Crippen LogP contribution in [0.1, 0.15) is 24.1 Å². The molecule has 0 aliphatic rings. The van der Waals surface area contributed by atoms with Gasteiger partial charge in [-0.2, -0.15) is 0 Å². The monoisotopic (exact) mass is 389 g/mol. The molecule has 2 aromatic rings. The molecule has 0 saturated carbocycles. The second-order valence-corrected chi connectivity index (χ2v) is 6.41. The van der Waals surface area contributed by atoms with Gasteiger partial charge >= 0.3 is 0 Å². The molecule has 0 fully saturated rings. The molecule has 0 heterocycles. The molecule has 0 spiro atoms. The van der Waals surface area contributed by atoms with Crippen molar-refractivity contribution in [1.29, 1.82) is 0 Å². The van der Waals surface area contributed by atoms with Gasteiger partial charge in [0.15, 0.2) is 0 Å². The van der Waals surface area contributed by atoms with Gasteiger partial charge in [0.25, 0.3) is 0 Å². The molecule has 2 aromatic carbocycles. The number of hydrogen-bond donors (Lipinski definition) is 1. The first kappa shape index (κ1) is 16.8. The normalized spacial score (nSPS) is 12.4. The maximum absolute atomic E-state index is 14.0. The number of benzene rings is 2. The van der Waals surface area contributed by atoms with Crippen LogP contribution in [0.3, 0.4) is 0 Å². The highest BCUT2D eigenvalue weighted by molar-refractivity contribution is 9.10. The zero-order valence-corrected chi connectivity index (χ0v) is 14.6. The average Bonchev–Trinajstić information content (AvgIpc) is 2.42. The molecule has 0 amide bonds. The fraction of sp³-hybridized carbons (Fsp3) is 0.250. The maximum atomic E-state index is 14.0. The van der Waals surface area contributed by atoms with Gasteiger partial charge in [-0.05, 0) is 42.8 Å². The lowest BCUT2D eigenvalue weighted by molar-refractivity contribution is 0.528. The van der Waals surface area contributed by atoms with E-state index >= 15 is 0 Å². The summed E-state index contributed by atoms with van der Waals surface area (Å²) in [5.74, 6) is -0.293. The minimum absolute atomic E-state index is 0.0926. The lowest BCUT2D eigenvalue weighted by Crippen LogP contribution is -2.23. The van der Waals surface area contributed by atoms with E-state index in [4.69, 9.17) is 23.2 Å². The topological polar surface area (TPSA) is 12.0 Å². The lowest BCUT2D eigenvalue weighted by atomic mass is 9.98. The van der Waals surface area contributed by atoms with Crippen molar-refractivity contribution in [3.8, 4) is 0 Å². The van der Waals surface area contributed by atoms with E-state index in [-0.39, 0.29) is 11.9 Å². The predicted molar refractivity (Wildman–Crippen MR) is 90.7 cm³/mol. The third-order valence-corrected chi connectivity index (χ3v) is 4.43. The van der Waals surface area contributed by atoms with E-state index in [0.29, 0.717) is 22.0 Å². The fourth-order valence-corrected chi connectivity index (χ4v) is 3.30. The Morgan fingerprint density at radius 1 is 1.19 bits per heavy atom. The summed E-state index contributed by atoms with van der Waals surface area (Å²) in [6.07, 6.45) is 0.445. The first-order valence-corrected chi connectivity index (χ1v) is 8.19. The summed E-state index contributed by atoms with van der Waals surface area (Å²) in [7, 11) is 0. The van der Waals surface area contributed by atoms with Gasteiger partial charge in [0.1, 0.15) is 5.82 Å². The largest absolute Gasteiger partial charge is 0.310 e.